The van der Waals surface area contributed by atoms with Gasteiger partial charge in [-0.25, -0.2) is 9.97 Å². The van der Waals surface area contributed by atoms with Crippen LogP contribution < -0.4 is 9.47 Å². The Bertz CT molecular complexity index is 1050. The molecule has 0 bridgehead atoms. The zero-order valence-corrected chi connectivity index (χ0v) is 14.5. The molecule has 0 aliphatic carbocycles. The molecule has 2 heterocycles. The minimum absolute atomic E-state index is 0.207. The van der Waals surface area contributed by atoms with Crippen LogP contribution >= 0.6 is 11.6 Å². The average Bonchev–Trinajstić information content (AvgIpc) is 3.06. The van der Waals surface area contributed by atoms with Gasteiger partial charge in [-0.05, 0) is 49.4 Å². The highest BCUT2D eigenvalue weighted by molar-refractivity contribution is 6.31. The number of rotatable bonds is 5. The van der Waals surface area contributed by atoms with Crippen LogP contribution in [0.1, 0.15) is 11.7 Å². The molecule has 0 saturated carbocycles. The topological polar surface area (TPSA) is 83.2 Å². The van der Waals surface area contributed by atoms with Gasteiger partial charge in [0, 0.05) is 5.02 Å². The van der Waals surface area contributed by atoms with Gasteiger partial charge in [0.1, 0.15) is 17.8 Å². The molecule has 0 aliphatic rings. The zero-order chi connectivity index (χ0) is 17.9. The first-order valence-electron chi connectivity index (χ1n) is 7.77. The number of halogens is 1. The molecular weight excluding hydrogens is 356 g/mol. The first kappa shape index (κ1) is 16.3. The van der Waals surface area contributed by atoms with Crippen molar-refractivity contribution in [3.63, 3.8) is 0 Å². The molecule has 0 aliphatic heterocycles. The smallest absolute Gasteiger partial charge is 0.264 e. The Morgan fingerprint density at radius 3 is 2.62 bits per heavy atom. The molecule has 0 fully saturated rings. The third-order valence-corrected chi connectivity index (χ3v) is 3.77. The van der Waals surface area contributed by atoms with Crippen molar-refractivity contribution < 1.29 is 14.0 Å². The van der Waals surface area contributed by atoms with Crippen molar-refractivity contribution in [1.29, 1.82) is 0 Å². The van der Waals surface area contributed by atoms with E-state index in [1.807, 2.05) is 6.07 Å². The first-order chi connectivity index (χ1) is 12.7. The number of aromatic nitrogens is 4. The molecule has 2 aromatic heterocycles. The molecule has 0 N–H and O–H groups in total. The number of aryl methyl sites for hydroxylation is 1. The summed E-state index contributed by atoms with van der Waals surface area (Å²) in [6.45, 7) is 1.96. The summed E-state index contributed by atoms with van der Waals surface area (Å²) in [6, 6.07) is 12.5. The lowest BCUT2D eigenvalue weighted by molar-refractivity contribution is 0.242. The number of nitrogens with zero attached hydrogens (tertiary/aromatic N) is 4. The molecule has 0 amide bonds. The van der Waals surface area contributed by atoms with E-state index in [2.05, 4.69) is 20.1 Å². The van der Waals surface area contributed by atoms with Crippen LogP contribution in [0.3, 0.4) is 0 Å². The van der Waals surface area contributed by atoms with Crippen LogP contribution in [-0.4, -0.2) is 20.1 Å². The molecule has 4 rings (SSSR count). The largest absolute Gasteiger partial charge is 0.484 e. The van der Waals surface area contributed by atoms with Gasteiger partial charge >= 0.3 is 0 Å². The Kier molecular flexibility index (Phi) is 4.37. The maximum atomic E-state index is 5.99. The van der Waals surface area contributed by atoms with Crippen LogP contribution in [0, 0.1) is 6.92 Å². The number of hydrogen-bond donors (Lipinski definition) is 0. The van der Waals surface area contributed by atoms with Crippen molar-refractivity contribution in [1.82, 2.24) is 20.1 Å². The second-order valence-electron chi connectivity index (χ2n) is 5.44. The average molecular weight is 369 g/mol. The summed E-state index contributed by atoms with van der Waals surface area (Å²) in [5.41, 5.74) is 0.720. The highest BCUT2D eigenvalue weighted by atomic mass is 35.5. The summed E-state index contributed by atoms with van der Waals surface area (Å²) in [7, 11) is 0. The lowest BCUT2D eigenvalue weighted by atomic mass is 10.2. The molecule has 26 heavy (non-hydrogen) atoms. The SMILES string of the molecule is Cc1noc(COc2ccc(Oc3ncnc4cc(Cl)ccc34)cc2)n1. The molecule has 8 heteroatoms. The summed E-state index contributed by atoms with van der Waals surface area (Å²) >= 11 is 5.99. The molecule has 130 valence electrons. The number of fused-ring (bicyclic) bond motifs is 1. The lowest BCUT2D eigenvalue weighted by Crippen LogP contribution is -1.96. The fourth-order valence-electron chi connectivity index (χ4n) is 2.35. The van der Waals surface area contributed by atoms with Gasteiger partial charge < -0.3 is 14.0 Å². The van der Waals surface area contributed by atoms with Crippen molar-refractivity contribution in [3.05, 3.63) is 65.5 Å². The van der Waals surface area contributed by atoms with Gasteiger partial charge in [0.05, 0.1) is 10.9 Å². The number of benzene rings is 2. The first-order valence-corrected chi connectivity index (χ1v) is 8.15. The molecule has 0 atom stereocenters. The van der Waals surface area contributed by atoms with E-state index in [0.29, 0.717) is 34.1 Å². The van der Waals surface area contributed by atoms with Crippen LogP contribution in [-0.2, 0) is 6.61 Å². The van der Waals surface area contributed by atoms with E-state index in [-0.39, 0.29) is 6.61 Å². The fourth-order valence-corrected chi connectivity index (χ4v) is 2.51. The van der Waals surface area contributed by atoms with Crippen molar-refractivity contribution in [3.8, 4) is 17.4 Å². The molecule has 7 nitrogen and oxygen atoms in total. The van der Waals surface area contributed by atoms with E-state index in [1.54, 1.807) is 43.3 Å². The lowest BCUT2D eigenvalue weighted by Gasteiger charge is -2.08. The Morgan fingerprint density at radius 1 is 1.04 bits per heavy atom. The molecule has 0 radical (unpaired) electrons. The Balaban J connectivity index is 1.47. The second kappa shape index (κ2) is 6.97. The molecule has 4 aromatic rings. The Morgan fingerprint density at radius 2 is 1.85 bits per heavy atom. The van der Waals surface area contributed by atoms with Crippen molar-refractivity contribution in [2.75, 3.05) is 0 Å². The standard InChI is InChI=1S/C18H13ClN4O3/c1-11-22-17(26-23-11)9-24-13-3-5-14(6-4-13)25-18-15-7-2-12(19)8-16(15)20-10-21-18/h2-8,10H,9H2,1H3. The van der Waals surface area contributed by atoms with Gasteiger partial charge in [-0.1, -0.05) is 16.8 Å². The van der Waals surface area contributed by atoms with Crippen LogP contribution in [0.2, 0.25) is 5.02 Å². The van der Waals surface area contributed by atoms with E-state index >= 15 is 0 Å². The summed E-state index contributed by atoms with van der Waals surface area (Å²) < 4.78 is 16.5. The number of ether oxygens (including phenoxy) is 2. The highest BCUT2D eigenvalue weighted by Crippen LogP contribution is 2.29. The van der Waals surface area contributed by atoms with Crippen LogP contribution in [0.25, 0.3) is 10.9 Å². The van der Waals surface area contributed by atoms with Crippen LogP contribution in [0.4, 0.5) is 0 Å². The summed E-state index contributed by atoms with van der Waals surface area (Å²) in [4.78, 5) is 12.5. The van der Waals surface area contributed by atoms with E-state index in [1.165, 1.54) is 6.33 Å². The van der Waals surface area contributed by atoms with Crippen molar-refractivity contribution in [2.24, 2.45) is 0 Å². The third-order valence-electron chi connectivity index (χ3n) is 3.53. The van der Waals surface area contributed by atoms with Gasteiger partial charge in [0.2, 0.25) is 5.88 Å². The van der Waals surface area contributed by atoms with Gasteiger partial charge in [0.25, 0.3) is 5.89 Å². The molecule has 0 spiro atoms. The fraction of sp³-hybridized carbons (Fsp3) is 0.111. The second-order valence-corrected chi connectivity index (χ2v) is 5.87. The van der Waals surface area contributed by atoms with Crippen LogP contribution in [0.15, 0.2) is 53.3 Å². The van der Waals surface area contributed by atoms with Gasteiger partial charge in [0.15, 0.2) is 12.4 Å². The number of hydrogen-bond acceptors (Lipinski definition) is 7. The summed E-state index contributed by atoms with van der Waals surface area (Å²) in [6.07, 6.45) is 1.44. The van der Waals surface area contributed by atoms with Crippen molar-refractivity contribution in [2.45, 2.75) is 13.5 Å². The summed E-state index contributed by atoms with van der Waals surface area (Å²) in [5, 5.41) is 5.11. The van der Waals surface area contributed by atoms with Gasteiger partial charge in [-0.15, -0.1) is 0 Å². The predicted molar refractivity (Wildman–Crippen MR) is 94.4 cm³/mol. The Hall–Kier alpha value is -3.19. The maximum absolute atomic E-state index is 5.99. The maximum Gasteiger partial charge on any atom is 0.264 e. The Labute approximate surface area is 153 Å². The molecule has 0 unspecified atom stereocenters. The van der Waals surface area contributed by atoms with Gasteiger partial charge in [-0.2, -0.15) is 4.98 Å². The van der Waals surface area contributed by atoms with Gasteiger partial charge in [-0.3, -0.25) is 0 Å². The molecular formula is C18H13ClN4O3. The monoisotopic (exact) mass is 368 g/mol. The van der Waals surface area contributed by atoms with E-state index in [9.17, 15) is 0 Å². The van der Waals surface area contributed by atoms with Crippen molar-refractivity contribution >= 4 is 22.5 Å². The van der Waals surface area contributed by atoms with Crippen LogP contribution in [0.5, 0.6) is 17.4 Å². The normalized spacial score (nSPS) is 10.8. The zero-order valence-electron chi connectivity index (χ0n) is 13.7. The highest BCUT2D eigenvalue weighted by Gasteiger charge is 2.08. The molecule has 2 aromatic carbocycles. The van der Waals surface area contributed by atoms with E-state index in [4.69, 9.17) is 25.6 Å². The van der Waals surface area contributed by atoms with E-state index in [0.717, 1.165) is 10.9 Å². The quantitative estimate of drug-likeness (QED) is 0.518. The minimum Gasteiger partial charge on any atom is -0.484 e. The summed E-state index contributed by atoms with van der Waals surface area (Å²) in [5.74, 6) is 2.75. The predicted octanol–water partition coefficient (Wildman–Crippen LogP) is 4.35. The third kappa shape index (κ3) is 3.57. The minimum atomic E-state index is 0.207. The van der Waals surface area contributed by atoms with E-state index < -0.39 is 0 Å². The molecule has 0 saturated heterocycles.